The number of hydrogen-bond acceptors (Lipinski definition) is 5. The highest BCUT2D eigenvalue weighted by Crippen LogP contribution is 2.28. The van der Waals surface area contributed by atoms with Crippen molar-refractivity contribution in [3.63, 3.8) is 0 Å². The molecule has 0 spiro atoms. The SMILES string of the molecule is O=C1Nc2ncccc2OC1C1CNCCO1. The molecule has 1 aromatic heterocycles. The Kier molecular flexibility index (Phi) is 2.66. The van der Waals surface area contributed by atoms with Crippen molar-refractivity contribution in [2.24, 2.45) is 0 Å². The molecule has 1 saturated heterocycles. The Bertz CT molecular complexity index is 432. The molecule has 0 saturated carbocycles. The first kappa shape index (κ1) is 10.5. The zero-order valence-electron chi connectivity index (χ0n) is 9.18. The van der Waals surface area contributed by atoms with E-state index in [0.29, 0.717) is 24.7 Å². The summed E-state index contributed by atoms with van der Waals surface area (Å²) < 4.78 is 11.2. The molecule has 0 bridgehead atoms. The Morgan fingerprint density at radius 3 is 3.24 bits per heavy atom. The fourth-order valence-corrected chi connectivity index (χ4v) is 1.98. The van der Waals surface area contributed by atoms with Crippen LogP contribution >= 0.6 is 0 Å². The highest BCUT2D eigenvalue weighted by Gasteiger charge is 2.36. The van der Waals surface area contributed by atoms with E-state index < -0.39 is 6.10 Å². The van der Waals surface area contributed by atoms with Gasteiger partial charge >= 0.3 is 0 Å². The fourth-order valence-electron chi connectivity index (χ4n) is 1.98. The van der Waals surface area contributed by atoms with Gasteiger partial charge in [0.1, 0.15) is 6.10 Å². The number of ether oxygens (including phenoxy) is 2. The second-order valence-corrected chi connectivity index (χ2v) is 3.99. The molecule has 3 heterocycles. The molecule has 0 radical (unpaired) electrons. The molecule has 0 aliphatic carbocycles. The van der Waals surface area contributed by atoms with E-state index in [9.17, 15) is 4.79 Å². The Hall–Kier alpha value is -1.66. The van der Waals surface area contributed by atoms with Crippen molar-refractivity contribution < 1.29 is 14.3 Å². The standard InChI is InChI=1S/C11H13N3O3/c15-11-9(8-6-12-4-5-16-8)17-7-2-1-3-13-10(7)14-11/h1-3,8-9,12H,4-6H2,(H,13,14,15). The van der Waals surface area contributed by atoms with E-state index in [1.54, 1.807) is 18.3 Å². The minimum Gasteiger partial charge on any atom is -0.474 e. The predicted octanol–water partition coefficient (Wildman–Crippen LogP) is -0.231. The first-order valence-corrected chi connectivity index (χ1v) is 5.59. The highest BCUT2D eigenvalue weighted by molar-refractivity contribution is 5.97. The first-order chi connectivity index (χ1) is 8.34. The van der Waals surface area contributed by atoms with Crippen LogP contribution in [0.1, 0.15) is 0 Å². The molecule has 1 aromatic rings. The minimum absolute atomic E-state index is 0.204. The van der Waals surface area contributed by atoms with Crippen LogP contribution in [0, 0.1) is 0 Å². The van der Waals surface area contributed by atoms with Gasteiger partial charge in [0.05, 0.1) is 6.61 Å². The topological polar surface area (TPSA) is 72.5 Å². The number of aromatic nitrogens is 1. The van der Waals surface area contributed by atoms with Crippen LogP contribution in [0.2, 0.25) is 0 Å². The summed E-state index contributed by atoms with van der Waals surface area (Å²) in [6.07, 6.45) is 0.748. The molecule has 2 aliphatic heterocycles. The van der Waals surface area contributed by atoms with Gasteiger partial charge in [-0.05, 0) is 12.1 Å². The van der Waals surface area contributed by atoms with Crippen LogP contribution in [-0.2, 0) is 9.53 Å². The Morgan fingerprint density at radius 1 is 1.47 bits per heavy atom. The number of anilines is 1. The van der Waals surface area contributed by atoms with Crippen molar-refractivity contribution >= 4 is 11.7 Å². The Labute approximate surface area is 98.3 Å². The molecule has 90 valence electrons. The van der Waals surface area contributed by atoms with Crippen molar-refractivity contribution in [1.82, 2.24) is 10.3 Å². The van der Waals surface area contributed by atoms with Crippen LogP contribution in [0.3, 0.4) is 0 Å². The largest absolute Gasteiger partial charge is 0.474 e. The summed E-state index contributed by atoms with van der Waals surface area (Å²) in [5.41, 5.74) is 0. The van der Waals surface area contributed by atoms with Gasteiger partial charge in [-0.2, -0.15) is 0 Å². The molecule has 2 aliphatic rings. The van der Waals surface area contributed by atoms with Gasteiger partial charge in [0.2, 0.25) is 6.10 Å². The molecular weight excluding hydrogens is 222 g/mol. The maximum atomic E-state index is 11.9. The molecule has 2 atom stereocenters. The van der Waals surface area contributed by atoms with Crippen LogP contribution in [0.5, 0.6) is 5.75 Å². The average Bonchev–Trinajstić information content (AvgIpc) is 2.39. The average molecular weight is 235 g/mol. The third-order valence-electron chi connectivity index (χ3n) is 2.82. The smallest absolute Gasteiger partial charge is 0.269 e. The van der Waals surface area contributed by atoms with E-state index >= 15 is 0 Å². The maximum absolute atomic E-state index is 11.9. The lowest BCUT2D eigenvalue weighted by atomic mass is 10.1. The van der Waals surface area contributed by atoms with Crippen LogP contribution in [0.25, 0.3) is 0 Å². The number of carbonyl (C=O) groups is 1. The number of morpholine rings is 1. The molecule has 2 unspecified atom stereocenters. The first-order valence-electron chi connectivity index (χ1n) is 5.59. The number of nitrogens with zero attached hydrogens (tertiary/aromatic N) is 1. The highest BCUT2D eigenvalue weighted by atomic mass is 16.5. The molecule has 6 heteroatoms. The minimum atomic E-state index is -0.612. The van der Waals surface area contributed by atoms with Crippen LogP contribution in [0.4, 0.5) is 5.82 Å². The lowest BCUT2D eigenvalue weighted by Gasteiger charge is -2.33. The summed E-state index contributed by atoms with van der Waals surface area (Å²) in [5, 5.41) is 5.90. The van der Waals surface area contributed by atoms with Crippen molar-refractivity contribution in [1.29, 1.82) is 0 Å². The van der Waals surface area contributed by atoms with Crippen LogP contribution < -0.4 is 15.4 Å². The fraction of sp³-hybridized carbons (Fsp3) is 0.455. The van der Waals surface area contributed by atoms with Gasteiger partial charge in [0.15, 0.2) is 11.6 Å². The molecule has 3 rings (SSSR count). The summed E-state index contributed by atoms with van der Waals surface area (Å²) in [7, 11) is 0. The van der Waals surface area contributed by atoms with E-state index in [-0.39, 0.29) is 12.0 Å². The number of fused-ring (bicyclic) bond motifs is 1. The van der Waals surface area contributed by atoms with Gasteiger partial charge in [-0.25, -0.2) is 4.98 Å². The normalized spacial score (nSPS) is 27.9. The van der Waals surface area contributed by atoms with Crippen LogP contribution in [0.15, 0.2) is 18.3 Å². The van der Waals surface area contributed by atoms with E-state index in [2.05, 4.69) is 15.6 Å². The summed E-state index contributed by atoms with van der Waals surface area (Å²) >= 11 is 0. The molecular formula is C11H13N3O3. The second kappa shape index (κ2) is 4.31. The van der Waals surface area contributed by atoms with E-state index in [4.69, 9.17) is 9.47 Å². The lowest BCUT2D eigenvalue weighted by Crippen LogP contribution is -2.53. The van der Waals surface area contributed by atoms with E-state index in [1.165, 1.54) is 0 Å². The Balaban J connectivity index is 1.81. The Morgan fingerprint density at radius 2 is 2.41 bits per heavy atom. The third kappa shape index (κ3) is 1.96. The van der Waals surface area contributed by atoms with Gasteiger partial charge in [-0.3, -0.25) is 4.79 Å². The van der Waals surface area contributed by atoms with E-state index in [1.807, 2.05) is 0 Å². The van der Waals surface area contributed by atoms with E-state index in [0.717, 1.165) is 6.54 Å². The molecule has 1 fully saturated rings. The van der Waals surface area contributed by atoms with Gasteiger partial charge in [-0.1, -0.05) is 0 Å². The maximum Gasteiger partial charge on any atom is 0.269 e. The quantitative estimate of drug-likeness (QED) is 0.703. The number of amides is 1. The predicted molar refractivity (Wildman–Crippen MR) is 59.9 cm³/mol. The number of nitrogens with one attached hydrogen (secondary N) is 2. The van der Waals surface area contributed by atoms with Crippen molar-refractivity contribution in [3.8, 4) is 5.75 Å². The van der Waals surface area contributed by atoms with Gasteiger partial charge in [0.25, 0.3) is 5.91 Å². The molecule has 2 N–H and O–H groups in total. The van der Waals surface area contributed by atoms with Crippen LogP contribution in [-0.4, -0.2) is 42.8 Å². The number of hydrogen-bond donors (Lipinski definition) is 2. The number of pyridine rings is 1. The molecule has 1 amide bonds. The molecule has 6 nitrogen and oxygen atoms in total. The number of carbonyl (C=O) groups excluding carboxylic acids is 1. The molecule has 17 heavy (non-hydrogen) atoms. The van der Waals surface area contributed by atoms with Gasteiger partial charge in [-0.15, -0.1) is 0 Å². The number of rotatable bonds is 1. The summed E-state index contributed by atoms with van der Waals surface area (Å²) in [6.45, 7) is 2.02. The summed E-state index contributed by atoms with van der Waals surface area (Å²) in [5.74, 6) is 0.855. The van der Waals surface area contributed by atoms with Crippen molar-refractivity contribution in [2.45, 2.75) is 12.2 Å². The third-order valence-corrected chi connectivity index (χ3v) is 2.82. The van der Waals surface area contributed by atoms with Gasteiger partial charge in [0, 0.05) is 19.3 Å². The zero-order valence-corrected chi connectivity index (χ0v) is 9.18. The second-order valence-electron chi connectivity index (χ2n) is 3.99. The molecule has 0 aromatic carbocycles. The monoisotopic (exact) mass is 235 g/mol. The zero-order chi connectivity index (χ0) is 11.7. The summed E-state index contributed by atoms with van der Waals surface area (Å²) in [6, 6.07) is 3.55. The van der Waals surface area contributed by atoms with Gasteiger partial charge < -0.3 is 20.1 Å². The van der Waals surface area contributed by atoms with Crippen molar-refractivity contribution in [3.05, 3.63) is 18.3 Å². The lowest BCUT2D eigenvalue weighted by molar-refractivity contribution is -0.132. The summed E-state index contributed by atoms with van der Waals surface area (Å²) in [4.78, 5) is 15.9. The van der Waals surface area contributed by atoms with Crippen molar-refractivity contribution in [2.75, 3.05) is 25.0 Å².